The number of hydrogen-bond donors (Lipinski definition) is 4. The van der Waals surface area contributed by atoms with Crippen LogP contribution in [-0.2, 0) is 20.7 Å². The highest BCUT2D eigenvalue weighted by atomic mass is 16.5. The number of carbonyl (C=O) groups is 3. The summed E-state index contributed by atoms with van der Waals surface area (Å²) < 4.78 is 4.77. The predicted octanol–water partition coefficient (Wildman–Crippen LogP) is 4.85. The third kappa shape index (κ3) is 6.95. The molecule has 1 aliphatic heterocycles. The number of pyridine rings is 1. The molecule has 2 aliphatic rings. The molecule has 1 saturated carbocycles. The first-order valence-corrected chi connectivity index (χ1v) is 12.9. The van der Waals surface area contributed by atoms with E-state index in [0.29, 0.717) is 47.9 Å². The van der Waals surface area contributed by atoms with Gasteiger partial charge in [0.2, 0.25) is 11.8 Å². The summed E-state index contributed by atoms with van der Waals surface area (Å²) in [5, 5.41) is 8.77. The summed E-state index contributed by atoms with van der Waals surface area (Å²) in [4.78, 5) is 42.7. The van der Waals surface area contributed by atoms with Crippen LogP contribution in [0.1, 0.15) is 50.6 Å². The Bertz CT molecular complexity index is 1170. The highest BCUT2D eigenvalue weighted by molar-refractivity contribution is 6.05. The van der Waals surface area contributed by atoms with Gasteiger partial charge in [-0.1, -0.05) is 12.2 Å². The third-order valence-corrected chi connectivity index (χ3v) is 7.03. The van der Waals surface area contributed by atoms with Crippen molar-refractivity contribution in [1.82, 2.24) is 4.98 Å². The molecule has 0 spiro atoms. The second kappa shape index (κ2) is 12.5. The van der Waals surface area contributed by atoms with Gasteiger partial charge < -0.3 is 21.1 Å². The number of aryl methyl sites for hydroxylation is 1. The van der Waals surface area contributed by atoms with Gasteiger partial charge in [-0.3, -0.25) is 19.9 Å². The first-order valence-electron chi connectivity index (χ1n) is 12.9. The number of allylic oxidation sites excluding steroid dienone is 2. The molecule has 1 fully saturated rings. The van der Waals surface area contributed by atoms with Gasteiger partial charge in [0.25, 0.3) is 0 Å². The monoisotopic (exact) mass is 505 g/mol. The molecule has 1 aromatic heterocycles. The summed E-state index contributed by atoms with van der Waals surface area (Å²) in [6.07, 6.45) is 11.1. The van der Waals surface area contributed by atoms with Crippen LogP contribution in [0.2, 0.25) is 0 Å². The van der Waals surface area contributed by atoms with Gasteiger partial charge in [0, 0.05) is 35.5 Å². The lowest BCUT2D eigenvalue weighted by molar-refractivity contribution is -0.121. The summed E-state index contributed by atoms with van der Waals surface area (Å²) in [6, 6.07) is 7.22. The van der Waals surface area contributed by atoms with Crippen LogP contribution < -0.4 is 21.7 Å². The molecule has 37 heavy (non-hydrogen) atoms. The number of hydrogen-bond acceptors (Lipinski definition) is 6. The quantitative estimate of drug-likeness (QED) is 0.439. The molecule has 3 amide bonds. The number of fused-ring (bicyclic) bond motifs is 4. The summed E-state index contributed by atoms with van der Waals surface area (Å²) in [5.74, 6) is 0.0909. The van der Waals surface area contributed by atoms with Crippen molar-refractivity contribution in [3.05, 3.63) is 48.3 Å². The standard InChI is InChI=1S/C28H35N5O4/c1-37-28(36)31-22-15-23-26(24(16-22)33-27(35)19-10-8-18(17-29)9-11-19)20-12-13-30-21(14-20)6-4-2-3-5-7-25(34)32-23/h2-3,12-16,18-19H,4-11,17,29H2,1H3,(H,31,36)(H,32,34)(H,33,35). The van der Waals surface area contributed by atoms with Crippen molar-refractivity contribution in [2.75, 3.05) is 29.6 Å². The van der Waals surface area contributed by atoms with E-state index < -0.39 is 6.09 Å². The van der Waals surface area contributed by atoms with Crippen molar-refractivity contribution in [3.63, 3.8) is 0 Å². The van der Waals surface area contributed by atoms with Crippen molar-refractivity contribution in [2.24, 2.45) is 17.6 Å². The molecule has 2 aromatic rings. The third-order valence-electron chi connectivity index (χ3n) is 7.03. The summed E-state index contributed by atoms with van der Waals surface area (Å²) in [7, 11) is 1.28. The number of carbonyl (C=O) groups excluding carboxylic acids is 3. The van der Waals surface area contributed by atoms with Crippen molar-refractivity contribution in [3.8, 4) is 11.1 Å². The largest absolute Gasteiger partial charge is 0.453 e. The first-order chi connectivity index (χ1) is 18.0. The number of nitrogens with one attached hydrogen (secondary N) is 3. The Labute approximate surface area is 217 Å². The smallest absolute Gasteiger partial charge is 0.411 e. The molecule has 4 rings (SSSR count). The van der Waals surface area contributed by atoms with Gasteiger partial charge in [-0.2, -0.15) is 0 Å². The second-order valence-electron chi connectivity index (χ2n) is 9.64. The van der Waals surface area contributed by atoms with Crippen LogP contribution in [0.4, 0.5) is 21.9 Å². The van der Waals surface area contributed by atoms with E-state index in [4.69, 9.17) is 10.5 Å². The Morgan fingerprint density at radius 1 is 1.08 bits per heavy atom. The van der Waals surface area contributed by atoms with Gasteiger partial charge in [0.15, 0.2) is 0 Å². The van der Waals surface area contributed by atoms with Crippen LogP contribution in [0.3, 0.4) is 0 Å². The molecule has 0 saturated heterocycles. The molecule has 0 atom stereocenters. The van der Waals surface area contributed by atoms with Crippen LogP contribution in [-0.4, -0.2) is 36.5 Å². The normalized spacial score (nSPS) is 19.8. The van der Waals surface area contributed by atoms with Crippen molar-refractivity contribution >= 4 is 35.0 Å². The van der Waals surface area contributed by atoms with Crippen molar-refractivity contribution in [1.29, 1.82) is 0 Å². The minimum Gasteiger partial charge on any atom is -0.453 e. The molecular weight excluding hydrogens is 470 g/mol. The zero-order chi connectivity index (χ0) is 26.2. The van der Waals surface area contributed by atoms with Gasteiger partial charge >= 0.3 is 6.09 Å². The van der Waals surface area contributed by atoms with E-state index in [2.05, 4.69) is 27.0 Å². The van der Waals surface area contributed by atoms with E-state index in [1.165, 1.54) is 7.11 Å². The van der Waals surface area contributed by atoms with Gasteiger partial charge in [0.05, 0.1) is 18.5 Å². The number of amides is 3. The Balaban J connectivity index is 1.77. The zero-order valence-electron chi connectivity index (χ0n) is 21.2. The SMILES string of the molecule is COC(=O)Nc1cc2c(c(NC(=O)C3CCC(CN)CC3)c1)-c1ccnc(c1)CCC=CCCC(=O)N2. The maximum absolute atomic E-state index is 13.4. The highest BCUT2D eigenvalue weighted by Crippen LogP contribution is 2.40. The average molecular weight is 506 g/mol. The van der Waals surface area contributed by atoms with Gasteiger partial charge in [-0.15, -0.1) is 0 Å². The molecule has 0 radical (unpaired) electrons. The predicted molar refractivity (Wildman–Crippen MR) is 144 cm³/mol. The van der Waals surface area contributed by atoms with Gasteiger partial charge in [-0.25, -0.2) is 4.79 Å². The maximum atomic E-state index is 13.4. The zero-order valence-corrected chi connectivity index (χ0v) is 21.2. The van der Waals surface area contributed by atoms with Crippen molar-refractivity contribution in [2.45, 2.75) is 51.4 Å². The van der Waals surface area contributed by atoms with E-state index in [9.17, 15) is 14.4 Å². The summed E-state index contributed by atoms with van der Waals surface area (Å²) in [6.45, 7) is 0.642. The van der Waals surface area contributed by atoms with Gasteiger partial charge in [0.1, 0.15) is 0 Å². The Kier molecular flexibility index (Phi) is 8.90. The van der Waals surface area contributed by atoms with E-state index in [-0.39, 0.29) is 17.7 Å². The van der Waals surface area contributed by atoms with Crippen LogP contribution >= 0.6 is 0 Å². The minimum absolute atomic E-state index is 0.0828. The fraction of sp³-hybridized carbons (Fsp3) is 0.429. The maximum Gasteiger partial charge on any atom is 0.411 e. The molecule has 2 heterocycles. The minimum atomic E-state index is -0.648. The lowest BCUT2D eigenvalue weighted by Crippen LogP contribution is -2.29. The van der Waals surface area contributed by atoms with Crippen LogP contribution in [0.25, 0.3) is 11.1 Å². The lowest BCUT2D eigenvalue weighted by Gasteiger charge is -2.27. The molecule has 9 nitrogen and oxygen atoms in total. The average Bonchev–Trinajstić information content (AvgIpc) is 2.91. The number of methoxy groups -OCH3 is 1. The van der Waals surface area contributed by atoms with E-state index in [0.717, 1.165) is 49.8 Å². The number of benzene rings is 1. The fourth-order valence-electron chi connectivity index (χ4n) is 4.95. The molecule has 2 bridgehead atoms. The number of ether oxygens (including phenoxy) is 1. The Hall–Kier alpha value is -3.72. The molecule has 0 unspecified atom stereocenters. The Morgan fingerprint density at radius 2 is 1.84 bits per heavy atom. The van der Waals surface area contributed by atoms with Crippen LogP contribution in [0, 0.1) is 11.8 Å². The number of nitrogens with zero attached hydrogens (tertiary/aromatic N) is 1. The number of nitrogens with two attached hydrogens (primary N) is 1. The van der Waals surface area contributed by atoms with Crippen molar-refractivity contribution < 1.29 is 19.1 Å². The molecule has 9 heteroatoms. The molecular formula is C28H35N5O4. The summed E-state index contributed by atoms with van der Waals surface area (Å²) >= 11 is 0. The van der Waals surface area contributed by atoms with Crippen LogP contribution in [0.5, 0.6) is 0 Å². The number of anilines is 3. The topological polar surface area (TPSA) is 135 Å². The van der Waals surface area contributed by atoms with Crippen LogP contribution in [0.15, 0.2) is 42.6 Å². The fourth-order valence-corrected chi connectivity index (χ4v) is 4.95. The van der Waals surface area contributed by atoms with E-state index in [1.807, 2.05) is 18.2 Å². The Morgan fingerprint density at radius 3 is 2.57 bits per heavy atom. The molecule has 1 aliphatic carbocycles. The number of aromatic nitrogens is 1. The number of rotatable bonds is 4. The lowest BCUT2D eigenvalue weighted by atomic mass is 9.81. The summed E-state index contributed by atoms with van der Waals surface area (Å²) in [5.41, 5.74) is 9.60. The molecule has 5 N–H and O–H groups in total. The van der Waals surface area contributed by atoms with E-state index >= 15 is 0 Å². The second-order valence-corrected chi connectivity index (χ2v) is 9.64. The van der Waals surface area contributed by atoms with E-state index in [1.54, 1.807) is 18.3 Å². The van der Waals surface area contributed by atoms with Gasteiger partial charge in [-0.05, 0) is 87.2 Å². The molecule has 1 aromatic carbocycles. The highest BCUT2D eigenvalue weighted by Gasteiger charge is 2.27. The molecule has 196 valence electrons. The first kappa shape index (κ1) is 26.3.